The number of ether oxygens (including phenoxy) is 2. The number of benzene rings is 2. The summed E-state index contributed by atoms with van der Waals surface area (Å²) < 4.78 is 49.3. The fourth-order valence-corrected chi connectivity index (χ4v) is 4.59. The first-order valence-electron chi connectivity index (χ1n) is 14.1. The van der Waals surface area contributed by atoms with E-state index in [4.69, 9.17) is 9.47 Å². The van der Waals surface area contributed by atoms with Crippen molar-refractivity contribution in [1.29, 1.82) is 0 Å². The molecule has 2 N–H and O–H groups in total. The zero-order valence-corrected chi connectivity index (χ0v) is 24.4. The Balaban J connectivity index is 1.57. The summed E-state index contributed by atoms with van der Waals surface area (Å²) in [4.78, 5) is 15.1. The molecule has 0 radical (unpaired) electrons. The van der Waals surface area contributed by atoms with Crippen molar-refractivity contribution < 1.29 is 22.6 Å². The molecule has 0 fully saturated rings. The monoisotopic (exact) mass is 584 g/mol. The molecule has 4 aliphatic rings. The molecule has 0 amide bonds. The van der Waals surface area contributed by atoms with E-state index in [0.29, 0.717) is 13.2 Å². The highest BCUT2D eigenvalue weighted by atomic mass is 19.4. The lowest BCUT2D eigenvalue weighted by Gasteiger charge is -2.33. The molecule has 11 heteroatoms. The van der Waals surface area contributed by atoms with Gasteiger partial charge >= 0.3 is 12.2 Å². The Bertz CT molecular complexity index is 1310. The molecule has 42 heavy (non-hydrogen) atoms. The maximum Gasteiger partial charge on any atom is 0.422 e. The molecule has 3 aromatic rings. The Morgan fingerprint density at radius 3 is 2.40 bits per heavy atom. The van der Waals surface area contributed by atoms with Crippen LogP contribution in [-0.4, -0.2) is 65.4 Å². The summed E-state index contributed by atoms with van der Waals surface area (Å²) in [6, 6.07) is 15.0. The third-order valence-electron chi connectivity index (χ3n) is 6.83. The van der Waals surface area contributed by atoms with E-state index < -0.39 is 12.8 Å². The van der Waals surface area contributed by atoms with E-state index in [1.165, 1.54) is 0 Å². The first-order valence-corrected chi connectivity index (χ1v) is 14.1. The quantitative estimate of drug-likeness (QED) is 0.405. The lowest BCUT2D eigenvalue weighted by molar-refractivity contribution is -0.154. The van der Waals surface area contributed by atoms with Gasteiger partial charge in [-0.2, -0.15) is 28.1 Å². The molecule has 1 aromatic heterocycles. The number of alkyl halides is 3. The van der Waals surface area contributed by atoms with Crippen LogP contribution < -0.4 is 20.1 Å². The van der Waals surface area contributed by atoms with E-state index >= 15 is 0 Å². The number of aromatic nitrogens is 3. The fourth-order valence-electron chi connectivity index (χ4n) is 4.59. The smallest absolute Gasteiger partial charge is 0.422 e. The highest BCUT2D eigenvalue weighted by Crippen LogP contribution is 2.21. The van der Waals surface area contributed by atoms with Gasteiger partial charge in [-0.1, -0.05) is 63.7 Å². The van der Waals surface area contributed by atoms with Crippen LogP contribution in [0.15, 0.2) is 55.1 Å². The highest BCUT2D eigenvalue weighted by Gasteiger charge is 2.29. The van der Waals surface area contributed by atoms with Crippen molar-refractivity contribution in [2.45, 2.75) is 46.3 Å². The van der Waals surface area contributed by atoms with Crippen molar-refractivity contribution in [3.05, 3.63) is 77.6 Å². The van der Waals surface area contributed by atoms with Crippen LogP contribution in [0.3, 0.4) is 0 Å². The minimum absolute atomic E-state index is 0.0136. The van der Waals surface area contributed by atoms with Gasteiger partial charge in [0.1, 0.15) is 11.6 Å². The van der Waals surface area contributed by atoms with Gasteiger partial charge in [0.2, 0.25) is 5.95 Å². The molecular formula is C31H39F3N6O2. The van der Waals surface area contributed by atoms with E-state index in [9.17, 15) is 13.2 Å². The SMILES string of the molecule is C=C1NCC(C)(C)CN(CC)CCCOc2ccc(cc2)CNc2nc(nc(OCC(F)(F)F)n2)Cc2ccc1cc2. The second-order valence-electron chi connectivity index (χ2n) is 11.2. The zero-order valence-electron chi connectivity index (χ0n) is 24.4. The van der Waals surface area contributed by atoms with Crippen molar-refractivity contribution in [1.82, 2.24) is 25.2 Å². The maximum absolute atomic E-state index is 12.8. The van der Waals surface area contributed by atoms with Gasteiger partial charge in [0.15, 0.2) is 6.61 Å². The van der Waals surface area contributed by atoms with Crippen LogP contribution in [-0.2, 0) is 13.0 Å². The minimum atomic E-state index is -4.51. The zero-order chi connectivity index (χ0) is 30.2. The number of nitrogens with zero attached hydrogens (tertiary/aromatic N) is 4. The molecule has 0 saturated carbocycles. The number of nitrogens with one attached hydrogen (secondary N) is 2. The van der Waals surface area contributed by atoms with Crippen molar-refractivity contribution in [2.75, 3.05) is 44.7 Å². The summed E-state index contributed by atoms with van der Waals surface area (Å²) >= 11 is 0. The topological polar surface area (TPSA) is 84.4 Å². The van der Waals surface area contributed by atoms with Crippen LogP contribution >= 0.6 is 0 Å². The summed E-state index contributed by atoms with van der Waals surface area (Å²) in [5, 5.41) is 6.56. The molecule has 0 saturated heterocycles. The molecular weight excluding hydrogens is 545 g/mol. The number of hydrogen-bond donors (Lipinski definition) is 2. The Kier molecular flexibility index (Phi) is 10.3. The second-order valence-corrected chi connectivity index (χ2v) is 11.2. The predicted molar refractivity (Wildman–Crippen MR) is 157 cm³/mol. The van der Waals surface area contributed by atoms with Gasteiger partial charge in [0, 0.05) is 38.3 Å². The Morgan fingerprint density at radius 2 is 1.71 bits per heavy atom. The van der Waals surface area contributed by atoms with E-state index in [1.807, 2.05) is 48.5 Å². The number of hydrogen-bond acceptors (Lipinski definition) is 8. The molecule has 0 unspecified atom stereocenters. The molecule has 7 rings (SSSR count). The lowest BCUT2D eigenvalue weighted by Crippen LogP contribution is -2.40. The van der Waals surface area contributed by atoms with Crippen molar-refractivity contribution in [3.63, 3.8) is 0 Å². The summed E-state index contributed by atoms with van der Waals surface area (Å²) in [5.41, 5.74) is 3.60. The summed E-state index contributed by atoms with van der Waals surface area (Å²) in [6.07, 6.45) is -3.33. The van der Waals surface area contributed by atoms with Crippen molar-refractivity contribution in [3.8, 4) is 11.8 Å². The summed E-state index contributed by atoms with van der Waals surface area (Å²) in [6.45, 7) is 13.9. The largest absolute Gasteiger partial charge is 0.494 e. The molecule has 226 valence electrons. The van der Waals surface area contributed by atoms with E-state index in [0.717, 1.165) is 60.7 Å². The molecule has 6 bridgehead atoms. The average molecular weight is 585 g/mol. The van der Waals surface area contributed by atoms with Gasteiger partial charge in [-0.25, -0.2) is 0 Å². The second kappa shape index (κ2) is 13.9. The van der Waals surface area contributed by atoms with Crippen LogP contribution in [0.25, 0.3) is 5.70 Å². The number of rotatable bonds is 3. The van der Waals surface area contributed by atoms with Crippen LogP contribution in [0.1, 0.15) is 49.7 Å². The van der Waals surface area contributed by atoms with Crippen LogP contribution in [0.4, 0.5) is 19.1 Å². The third-order valence-corrected chi connectivity index (χ3v) is 6.83. The van der Waals surface area contributed by atoms with Gasteiger partial charge in [-0.05, 0) is 47.2 Å². The average Bonchev–Trinajstić information content (AvgIpc) is 2.95. The highest BCUT2D eigenvalue weighted by molar-refractivity contribution is 5.61. The number of halogens is 3. The molecule has 0 spiro atoms. The lowest BCUT2D eigenvalue weighted by atomic mass is 9.92. The molecule has 2 aromatic carbocycles. The van der Waals surface area contributed by atoms with Crippen LogP contribution in [0, 0.1) is 5.41 Å². The molecule has 0 atom stereocenters. The van der Waals surface area contributed by atoms with Gasteiger partial charge < -0.3 is 25.0 Å². The molecule has 4 aliphatic heterocycles. The molecule has 8 nitrogen and oxygen atoms in total. The Labute approximate surface area is 245 Å². The fraction of sp³-hybridized carbons (Fsp3) is 0.452. The number of anilines is 1. The van der Waals surface area contributed by atoms with Crippen molar-refractivity contribution in [2.24, 2.45) is 5.41 Å². The van der Waals surface area contributed by atoms with Gasteiger partial charge in [-0.15, -0.1) is 0 Å². The van der Waals surface area contributed by atoms with Crippen LogP contribution in [0.2, 0.25) is 0 Å². The predicted octanol–water partition coefficient (Wildman–Crippen LogP) is 5.71. The van der Waals surface area contributed by atoms with E-state index in [-0.39, 0.29) is 29.6 Å². The van der Waals surface area contributed by atoms with E-state index in [2.05, 4.69) is 57.8 Å². The summed E-state index contributed by atoms with van der Waals surface area (Å²) in [7, 11) is 0. The molecule has 0 aliphatic carbocycles. The van der Waals surface area contributed by atoms with Crippen LogP contribution in [0.5, 0.6) is 11.8 Å². The molecule has 5 heterocycles. The van der Waals surface area contributed by atoms with Gasteiger partial charge in [0.25, 0.3) is 0 Å². The normalized spacial score (nSPS) is 17.0. The van der Waals surface area contributed by atoms with E-state index in [1.54, 1.807) is 0 Å². The summed E-state index contributed by atoms with van der Waals surface area (Å²) in [5.74, 6) is 1.19. The van der Waals surface area contributed by atoms with Gasteiger partial charge in [-0.3, -0.25) is 0 Å². The standard InChI is InChI=1S/C31H39F3N6O2/c1-5-40-15-6-16-41-26-13-9-24(10-14-26)18-35-28-37-27(38-29(39-28)42-21-31(32,33)34)17-23-7-11-25(12-8-23)22(2)36-19-30(3,4)20-40/h7-14,36H,2,5-6,15-21H2,1,3-4H3,(H,35,37,38,39). The maximum atomic E-state index is 12.8. The Morgan fingerprint density at radius 1 is 1.00 bits per heavy atom. The first-order chi connectivity index (χ1) is 20.0. The van der Waals surface area contributed by atoms with Crippen molar-refractivity contribution >= 4 is 11.6 Å². The Hall–Kier alpha value is -3.86. The third kappa shape index (κ3) is 9.90. The first kappa shape index (κ1) is 31.1. The van der Waals surface area contributed by atoms with Gasteiger partial charge in [0.05, 0.1) is 6.61 Å². The minimum Gasteiger partial charge on any atom is -0.494 e.